The number of aliphatic carboxylic acids is 1. The molecule has 0 heterocycles. The van der Waals surface area contributed by atoms with E-state index in [9.17, 15) is 9.59 Å². The predicted molar refractivity (Wildman–Crippen MR) is 79.8 cm³/mol. The summed E-state index contributed by atoms with van der Waals surface area (Å²) in [5.41, 5.74) is 1.26. The third kappa shape index (κ3) is 6.61. The molecule has 0 aliphatic rings. The normalized spacial score (nSPS) is 11.2. The summed E-state index contributed by atoms with van der Waals surface area (Å²) in [6, 6.07) is 7.38. The molecule has 1 rings (SSSR count). The molecule has 0 radical (unpaired) electrons. The van der Waals surface area contributed by atoms with Gasteiger partial charge in [-0.3, -0.25) is 9.59 Å². The van der Waals surface area contributed by atoms with E-state index >= 15 is 0 Å². The van der Waals surface area contributed by atoms with Crippen molar-refractivity contribution in [3.63, 3.8) is 0 Å². The molecule has 1 aromatic carbocycles. The van der Waals surface area contributed by atoms with Gasteiger partial charge >= 0.3 is 11.9 Å². The SMILES string of the molecule is CC(C)(C)OC(=O)CSCc1ccccc1CC(=O)O. The van der Waals surface area contributed by atoms with Crippen LogP contribution in [0.1, 0.15) is 31.9 Å². The Balaban J connectivity index is 2.50. The third-order valence-corrected chi connectivity index (χ3v) is 3.31. The van der Waals surface area contributed by atoms with Gasteiger partial charge < -0.3 is 9.84 Å². The van der Waals surface area contributed by atoms with E-state index in [0.717, 1.165) is 11.1 Å². The first-order chi connectivity index (χ1) is 9.28. The van der Waals surface area contributed by atoms with Crippen molar-refractivity contribution in [1.29, 1.82) is 0 Å². The van der Waals surface area contributed by atoms with Gasteiger partial charge in [-0.15, -0.1) is 11.8 Å². The standard InChI is InChI=1S/C15H20O4S/c1-15(2,3)19-14(18)10-20-9-12-7-5-4-6-11(12)8-13(16)17/h4-7H,8-10H2,1-3H3,(H,16,17). The predicted octanol–water partition coefficient (Wildman–Crippen LogP) is 2.89. The van der Waals surface area contributed by atoms with Gasteiger partial charge in [-0.25, -0.2) is 0 Å². The van der Waals surface area contributed by atoms with Crippen molar-refractivity contribution in [1.82, 2.24) is 0 Å². The maximum atomic E-state index is 11.6. The number of carbonyl (C=O) groups excluding carboxylic acids is 1. The van der Waals surface area contributed by atoms with Gasteiger partial charge in [0.2, 0.25) is 0 Å². The van der Waals surface area contributed by atoms with E-state index in [0.29, 0.717) is 5.75 Å². The van der Waals surface area contributed by atoms with Gasteiger partial charge in [0.1, 0.15) is 5.60 Å². The number of carboxylic acid groups (broad SMARTS) is 1. The first kappa shape index (κ1) is 16.6. The smallest absolute Gasteiger partial charge is 0.316 e. The Bertz CT molecular complexity index is 477. The fraction of sp³-hybridized carbons (Fsp3) is 0.467. The summed E-state index contributed by atoms with van der Waals surface area (Å²) in [5, 5.41) is 8.85. The quantitative estimate of drug-likeness (QED) is 0.818. The largest absolute Gasteiger partial charge is 0.481 e. The average molecular weight is 296 g/mol. The van der Waals surface area contributed by atoms with E-state index in [-0.39, 0.29) is 18.1 Å². The Morgan fingerprint density at radius 1 is 1.20 bits per heavy atom. The third-order valence-electron chi connectivity index (χ3n) is 2.36. The number of benzene rings is 1. The van der Waals surface area contributed by atoms with Crippen LogP contribution < -0.4 is 0 Å². The lowest BCUT2D eigenvalue weighted by Gasteiger charge is -2.19. The van der Waals surface area contributed by atoms with Crippen molar-refractivity contribution in [2.75, 3.05) is 5.75 Å². The van der Waals surface area contributed by atoms with Crippen LogP contribution in [0.5, 0.6) is 0 Å². The molecule has 0 saturated heterocycles. The Morgan fingerprint density at radius 3 is 2.35 bits per heavy atom. The van der Waals surface area contributed by atoms with Gasteiger partial charge in [0, 0.05) is 5.75 Å². The molecule has 5 heteroatoms. The Labute approximate surface area is 123 Å². The van der Waals surface area contributed by atoms with Crippen LogP contribution in [0.2, 0.25) is 0 Å². The minimum Gasteiger partial charge on any atom is -0.481 e. The van der Waals surface area contributed by atoms with Crippen molar-refractivity contribution in [3.05, 3.63) is 35.4 Å². The topological polar surface area (TPSA) is 63.6 Å². The summed E-state index contributed by atoms with van der Waals surface area (Å²) >= 11 is 1.43. The van der Waals surface area contributed by atoms with E-state index in [1.165, 1.54) is 11.8 Å². The number of carbonyl (C=O) groups is 2. The van der Waals surface area contributed by atoms with Gasteiger partial charge in [-0.1, -0.05) is 24.3 Å². The summed E-state index contributed by atoms with van der Waals surface area (Å²) < 4.78 is 5.22. The Morgan fingerprint density at radius 2 is 1.80 bits per heavy atom. The zero-order chi connectivity index (χ0) is 15.2. The summed E-state index contributed by atoms with van der Waals surface area (Å²) in [7, 11) is 0. The van der Waals surface area contributed by atoms with Gasteiger partial charge in [0.05, 0.1) is 12.2 Å². The lowest BCUT2D eigenvalue weighted by atomic mass is 10.1. The lowest BCUT2D eigenvalue weighted by Crippen LogP contribution is -2.24. The monoisotopic (exact) mass is 296 g/mol. The van der Waals surface area contributed by atoms with E-state index in [1.807, 2.05) is 39.0 Å². The van der Waals surface area contributed by atoms with Crippen LogP contribution in [-0.4, -0.2) is 28.4 Å². The van der Waals surface area contributed by atoms with E-state index in [2.05, 4.69) is 0 Å². The first-order valence-electron chi connectivity index (χ1n) is 6.36. The van der Waals surface area contributed by atoms with Crippen molar-refractivity contribution in [2.45, 2.75) is 38.5 Å². The zero-order valence-electron chi connectivity index (χ0n) is 12.0. The van der Waals surface area contributed by atoms with Crippen LogP contribution in [0.3, 0.4) is 0 Å². The number of esters is 1. The molecule has 110 valence electrons. The molecule has 4 nitrogen and oxygen atoms in total. The number of hydrogen-bond acceptors (Lipinski definition) is 4. The highest BCUT2D eigenvalue weighted by Crippen LogP contribution is 2.18. The molecule has 0 bridgehead atoms. The summed E-state index contributed by atoms with van der Waals surface area (Å²) in [6.07, 6.45) is 0.00315. The maximum Gasteiger partial charge on any atom is 0.316 e. The van der Waals surface area contributed by atoms with Crippen molar-refractivity contribution < 1.29 is 19.4 Å². The number of carboxylic acids is 1. The van der Waals surface area contributed by atoms with Gasteiger partial charge in [-0.05, 0) is 31.9 Å². The molecule has 20 heavy (non-hydrogen) atoms. The molecular weight excluding hydrogens is 276 g/mol. The molecule has 0 spiro atoms. The van der Waals surface area contributed by atoms with Gasteiger partial charge in [0.15, 0.2) is 0 Å². The molecule has 1 N–H and O–H groups in total. The van der Waals surface area contributed by atoms with Crippen molar-refractivity contribution in [3.8, 4) is 0 Å². The summed E-state index contributed by atoms with van der Waals surface area (Å²) in [6.45, 7) is 5.49. The van der Waals surface area contributed by atoms with E-state index < -0.39 is 11.6 Å². The van der Waals surface area contributed by atoms with E-state index in [4.69, 9.17) is 9.84 Å². The fourth-order valence-corrected chi connectivity index (χ4v) is 2.48. The van der Waals surface area contributed by atoms with Crippen LogP contribution in [0.15, 0.2) is 24.3 Å². The molecule has 1 aromatic rings. The average Bonchev–Trinajstić information content (AvgIpc) is 2.28. The second kappa shape index (κ2) is 7.33. The highest BCUT2D eigenvalue weighted by Gasteiger charge is 2.16. The molecule has 0 unspecified atom stereocenters. The maximum absolute atomic E-state index is 11.6. The van der Waals surface area contributed by atoms with Gasteiger partial charge in [-0.2, -0.15) is 0 Å². The van der Waals surface area contributed by atoms with Crippen molar-refractivity contribution in [2.24, 2.45) is 0 Å². The molecular formula is C15H20O4S. The Hall–Kier alpha value is -1.49. The molecule has 0 fully saturated rings. The number of rotatable bonds is 6. The molecule has 0 saturated carbocycles. The summed E-state index contributed by atoms with van der Waals surface area (Å²) in [4.78, 5) is 22.4. The number of hydrogen-bond donors (Lipinski definition) is 1. The highest BCUT2D eigenvalue weighted by atomic mass is 32.2. The first-order valence-corrected chi connectivity index (χ1v) is 7.51. The molecule has 0 aromatic heterocycles. The molecule has 0 amide bonds. The van der Waals surface area contributed by atoms with Crippen LogP contribution in [0.4, 0.5) is 0 Å². The Kier molecular flexibility index (Phi) is 6.07. The molecule has 0 aliphatic heterocycles. The highest BCUT2D eigenvalue weighted by molar-refractivity contribution is 7.99. The summed E-state index contributed by atoms with van der Waals surface area (Å²) in [5.74, 6) is -0.241. The minimum absolute atomic E-state index is 0.00315. The molecule has 0 aliphatic carbocycles. The van der Waals surface area contributed by atoms with Gasteiger partial charge in [0.25, 0.3) is 0 Å². The minimum atomic E-state index is -0.852. The molecule has 0 atom stereocenters. The zero-order valence-corrected chi connectivity index (χ0v) is 12.8. The lowest BCUT2D eigenvalue weighted by molar-refractivity contribution is -0.151. The van der Waals surface area contributed by atoms with Crippen molar-refractivity contribution >= 4 is 23.7 Å². The van der Waals surface area contributed by atoms with Crippen LogP contribution in [-0.2, 0) is 26.5 Å². The van der Waals surface area contributed by atoms with Crippen LogP contribution in [0, 0.1) is 0 Å². The number of ether oxygens (including phenoxy) is 1. The van der Waals surface area contributed by atoms with Crippen LogP contribution in [0.25, 0.3) is 0 Å². The fourth-order valence-electron chi connectivity index (χ4n) is 1.65. The van der Waals surface area contributed by atoms with Crippen LogP contribution >= 0.6 is 11.8 Å². The van der Waals surface area contributed by atoms with E-state index in [1.54, 1.807) is 6.07 Å². The second-order valence-electron chi connectivity index (χ2n) is 5.42. The number of thioether (sulfide) groups is 1. The second-order valence-corrected chi connectivity index (χ2v) is 6.40.